The van der Waals surface area contributed by atoms with E-state index in [1.165, 1.54) is 0 Å². The maximum Gasteiger partial charge on any atom is 0.238 e. The van der Waals surface area contributed by atoms with E-state index in [0.29, 0.717) is 13.1 Å². The zero-order chi connectivity index (χ0) is 19.9. The summed E-state index contributed by atoms with van der Waals surface area (Å²) in [4.78, 5) is 19.1. The van der Waals surface area contributed by atoms with Crippen molar-refractivity contribution in [1.29, 1.82) is 0 Å². The van der Waals surface area contributed by atoms with E-state index in [-0.39, 0.29) is 5.91 Å². The number of nitrogens with one attached hydrogen (secondary N) is 1. The van der Waals surface area contributed by atoms with Gasteiger partial charge in [0.25, 0.3) is 0 Å². The van der Waals surface area contributed by atoms with Crippen LogP contribution in [-0.2, 0) is 17.8 Å². The van der Waals surface area contributed by atoms with Crippen LogP contribution in [0, 0.1) is 0 Å². The van der Waals surface area contributed by atoms with Crippen molar-refractivity contribution in [1.82, 2.24) is 9.88 Å². The number of carbonyl (C=O) groups is 1. The van der Waals surface area contributed by atoms with Crippen LogP contribution < -0.4 is 10.1 Å². The highest BCUT2D eigenvalue weighted by atomic mass is 32.1. The Labute approximate surface area is 170 Å². The second-order valence-electron chi connectivity index (χ2n) is 6.61. The number of amides is 1. The predicted octanol–water partition coefficient (Wildman–Crippen LogP) is 4.45. The molecule has 0 atom stereocenters. The molecule has 3 aromatic rings. The minimum absolute atomic E-state index is 0.0216. The van der Waals surface area contributed by atoms with Gasteiger partial charge in [0.1, 0.15) is 10.8 Å². The van der Waals surface area contributed by atoms with Crippen LogP contribution in [0.5, 0.6) is 5.75 Å². The summed E-state index contributed by atoms with van der Waals surface area (Å²) in [5.41, 5.74) is 4.01. The Balaban J connectivity index is 1.58. The zero-order valence-corrected chi connectivity index (χ0v) is 17.3. The molecule has 0 saturated heterocycles. The average molecular weight is 396 g/mol. The number of aromatic nitrogens is 1. The summed E-state index contributed by atoms with van der Waals surface area (Å²) in [6, 6.07) is 15.8. The number of para-hydroxylation sites is 1. The molecule has 0 fully saturated rings. The minimum atomic E-state index is -0.0216. The Hall–Kier alpha value is -2.70. The molecule has 0 spiro atoms. The Morgan fingerprint density at radius 1 is 1.21 bits per heavy atom. The van der Waals surface area contributed by atoms with Crippen LogP contribution in [0.2, 0.25) is 0 Å². The molecule has 5 nitrogen and oxygen atoms in total. The van der Waals surface area contributed by atoms with Crippen LogP contribution in [-0.4, -0.2) is 36.5 Å². The van der Waals surface area contributed by atoms with Crippen molar-refractivity contribution in [3.05, 3.63) is 65.2 Å². The summed E-state index contributed by atoms with van der Waals surface area (Å²) in [6.45, 7) is 3.01. The summed E-state index contributed by atoms with van der Waals surface area (Å²) >= 11 is 1.60. The Bertz CT molecular complexity index is 939. The number of carbonyl (C=O) groups excluding carboxylic acids is 1. The lowest BCUT2D eigenvalue weighted by atomic mass is 10.1. The van der Waals surface area contributed by atoms with Gasteiger partial charge in [-0.05, 0) is 37.2 Å². The zero-order valence-electron chi connectivity index (χ0n) is 16.4. The Kier molecular flexibility index (Phi) is 6.79. The van der Waals surface area contributed by atoms with E-state index in [4.69, 9.17) is 9.72 Å². The van der Waals surface area contributed by atoms with Gasteiger partial charge in [0, 0.05) is 23.2 Å². The number of hydrogen-bond acceptors (Lipinski definition) is 5. The molecule has 0 aliphatic heterocycles. The second kappa shape index (κ2) is 9.48. The Morgan fingerprint density at radius 3 is 2.82 bits per heavy atom. The fourth-order valence-corrected chi connectivity index (χ4v) is 3.79. The van der Waals surface area contributed by atoms with Crippen LogP contribution in [0.3, 0.4) is 0 Å². The van der Waals surface area contributed by atoms with Crippen LogP contribution in [0.25, 0.3) is 10.6 Å². The molecule has 0 aliphatic carbocycles. The summed E-state index contributed by atoms with van der Waals surface area (Å²) in [6.07, 6.45) is 0.887. The number of anilines is 1. The lowest BCUT2D eigenvalue weighted by Crippen LogP contribution is -2.30. The molecule has 6 heteroatoms. The molecule has 146 valence electrons. The first-order chi connectivity index (χ1) is 13.6. The maximum absolute atomic E-state index is 12.4. The molecule has 1 amide bonds. The normalized spacial score (nSPS) is 10.9. The smallest absolute Gasteiger partial charge is 0.238 e. The van der Waals surface area contributed by atoms with Crippen molar-refractivity contribution in [3.63, 3.8) is 0 Å². The Morgan fingerprint density at radius 2 is 2.04 bits per heavy atom. The van der Waals surface area contributed by atoms with Gasteiger partial charge in [-0.25, -0.2) is 4.98 Å². The van der Waals surface area contributed by atoms with Gasteiger partial charge in [-0.15, -0.1) is 11.3 Å². The van der Waals surface area contributed by atoms with Gasteiger partial charge in [0.05, 0.1) is 19.3 Å². The lowest BCUT2D eigenvalue weighted by molar-refractivity contribution is -0.117. The van der Waals surface area contributed by atoms with Crippen molar-refractivity contribution < 1.29 is 9.53 Å². The average Bonchev–Trinajstić information content (AvgIpc) is 3.16. The highest BCUT2D eigenvalue weighted by molar-refractivity contribution is 7.13. The molecule has 1 heterocycles. The topological polar surface area (TPSA) is 54.5 Å². The number of benzene rings is 2. The lowest BCUT2D eigenvalue weighted by Gasteiger charge is -2.16. The number of hydrogen-bond donors (Lipinski definition) is 1. The van der Waals surface area contributed by atoms with Crippen molar-refractivity contribution in [2.45, 2.75) is 19.9 Å². The third-order valence-corrected chi connectivity index (χ3v) is 5.33. The van der Waals surface area contributed by atoms with Crippen molar-refractivity contribution in [2.24, 2.45) is 0 Å². The van der Waals surface area contributed by atoms with Gasteiger partial charge in [-0.3, -0.25) is 9.69 Å². The van der Waals surface area contributed by atoms with Gasteiger partial charge in [-0.2, -0.15) is 0 Å². The number of aryl methyl sites for hydroxylation is 1. The summed E-state index contributed by atoms with van der Waals surface area (Å²) in [5.74, 6) is 0.794. The highest BCUT2D eigenvalue weighted by Gasteiger charge is 2.12. The van der Waals surface area contributed by atoms with Crippen molar-refractivity contribution in [2.75, 3.05) is 26.0 Å². The van der Waals surface area contributed by atoms with E-state index in [1.807, 2.05) is 65.9 Å². The van der Waals surface area contributed by atoms with E-state index in [9.17, 15) is 4.79 Å². The fourth-order valence-electron chi connectivity index (χ4n) is 2.99. The molecule has 3 rings (SSSR count). The quantitative estimate of drug-likeness (QED) is 0.612. The minimum Gasteiger partial charge on any atom is -0.497 e. The van der Waals surface area contributed by atoms with E-state index in [1.54, 1.807) is 18.4 Å². The van der Waals surface area contributed by atoms with Gasteiger partial charge >= 0.3 is 0 Å². The molecule has 28 heavy (non-hydrogen) atoms. The largest absolute Gasteiger partial charge is 0.497 e. The molecular formula is C22H25N3O2S. The first kappa shape index (κ1) is 20.0. The predicted molar refractivity (Wildman–Crippen MR) is 115 cm³/mol. The van der Waals surface area contributed by atoms with E-state index in [2.05, 4.69) is 12.2 Å². The van der Waals surface area contributed by atoms with Crippen LogP contribution in [0.1, 0.15) is 18.2 Å². The van der Waals surface area contributed by atoms with Gasteiger partial charge in [-0.1, -0.05) is 37.3 Å². The van der Waals surface area contributed by atoms with Crippen molar-refractivity contribution in [3.8, 4) is 16.3 Å². The number of methoxy groups -OCH3 is 1. The molecule has 0 radical (unpaired) electrons. The van der Waals surface area contributed by atoms with Crippen LogP contribution in [0.15, 0.2) is 53.9 Å². The molecular weight excluding hydrogens is 370 g/mol. The van der Waals surface area contributed by atoms with Crippen LogP contribution >= 0.6 is 11.3 Å². The molecule has 0 aliphatic rings. The summed E-state index contributed by atoms with van der Waals surface area (Å²) < 4.78 is 5.28. The van der Waals surface area contributed by atoms with Gasteiger partial charge in [0.2, 0.25) is 5.91 Å². The molecule has 0 unspecified atom stereocenters. The third kappa shape index (κ3) is 5.18. The number of nitrogens with zero attached hydrogens (tertiary/aromatic N) is 2. The number of ether oxygens (including phenoxy) is 1. The second-order valence-corrected chi connectivity index (χ2v) is 7.47. The fraction of sp³-hybridized carbons (Fsp3) is 0.273. The molecule has 0 bridgehead atoms. The molecule has 0 saturated carbocycles. The van der Waals surface area contributed by atoms with Gasteiger partial charge in [0.15, 0.2) is 0 Å². The van der Waals surface area contributed by atoms with Gasteiger partial charge < -0.3 is 10.1 Å². The van der Waals surface area contributed by atoms with E-state index < -0.39 is 0 Å². The monoisotopic (exact) mass is 395 g/mol. The standard InChI is InChI=1S/C22H25N3O2S/c1-4-16-8-5-6-11-20(16)24-21(26)14-25(2)13-18-15-28-22(23-18)17-9-7-10-19(12-17)27-3/h5-12,15H,4,13-14H2,1-3H3,(H,24,26). The number of thiazole rings is 1. The summed E-state index contributed by atoms with van der Waals surface area (Å²) in [7, 11) is 3.58. The number of likely N-dealkylation sites (N-methyl/N-ethyl adjacent to an activating group) is 1. The summed E-state index contributed by atoms with van der Waals surface area (Å²) in [5, 5.41) is 5.99. The first-order valence-corrected chi connectivity index (χ1v) is 10.1. The SMILES string of the molecule is CCc1ccccc1NC(=O)CN(C)Cc1csc(-c2cccc(OC)c2)n1. The molecule has 1 aromatic heterocycles. The molecule has 1 N–H and O–H groups in total. The van der Waals surface area contributed by atoms with E-state index >= 15 is 0 Å². The van der Waals surface area contributed by atoms with E-state index in [0.717, 1.165) is 39.7 Å². The highest BCUT2D eigenvalue weighted by Crippen LogP contribution is 2.27. The van der Waals surface area contributed by atoms with Crippen LogP contribution in [0.4, 0.5) is 5.69 Å². The number of rotatable bonds is 8. The van der Waals surface area contributed by atoms with Crippen molar-refractivity contribution >= 4 is 22.9 Å². The maximum atomic E-state index is 12.4. The first-order valence-electron chi connectivity index (χ1n) is 9.24. The molecule has 2 aromatic carbocycles. The third-order valence-electron chi connectivity index (χ3n) is 4.39.